The maximum absolute atomic E-state index is 11.5. The van der Waals surface area contributed by atoms with E-state index in [1.807, 2.05) is 0 Å². The molecule has 0 heterocycles. The SMILES string of the molecule is CCOC(=O)C(N)CCN(CCOC)C(C)COC. The summed E-state index contributed by atoms with van der Waals surface area (Å²) in [6.45, 7) is 7.00. The van der Waals surface area contributed by atoms with Crippen molar-refractivity contribution < 1.29 is 19.0 Å². The highest BCUT2D eigenvalue weighted by Gasteiger charge is 2.19. The highest BCUT2D eigenvalue weighted by molar-refractivity contribution is 5.75. The third kappa shape index (κ3) is 8.15. The van der Waals surface area contributed by atoms with Crippen LogP contribution >= 0.6 is 0 Å². The average molecular weight is 276 g/mol. The van der Waals surface area contributed by atoms with Gasteiger partial charge in [-0.2, -0.15) is 0 Å². The summed E-state index contributed by atoms with van der Waals surface area (Å²) in [5.41, 5.74) is 5.79. The Morgan fingerprint density at radius 1 is 1.26 bits per heavy atom. The Bertz CT molecular complexity index is 239. The van der Waals surface area contributed by atoms with Crippen molar-refractivity contribution in [1.29, 1.82) is 0 Å². The van der Waals surface area contributed by atoms with Crippen molar-refractivity contribution in [1.82, 2.24) is 4.90 Å². The molecule has 0 saturated heterocycles. The Hall–Kier alpha value is -0.690. The topological polar surface area (TPSA) is 74.0 Å². The van der Waals surface area contributed by atoms with E-state index in [9.17, 15) is 4.79 Å². The number of hydrogen-bond donors (Lipinski definition) is 1. The zero-order valence-electron chi connectivity index (χ0n) is 12.6. The number of esters is 1. The van der Waals surface area contributed by atoms with Crippen molar-refractivity contribution >= 4 is 5.97 Å². The van der Waals surface area contributed by atoms with Crippen molar-refractivity contribution in [3.63, 3.8) is 0 Å². The molecule has 0 saturated carbocycles. The van der Waals surface area contributed by atoms with E-state index in [4.69, 9.17) is 19.9 Å². The first-order chi connectivity index (χ1) is 9.06. The molecule has 0 radical (unpaired) electrons. The molecule has 6 heteroatoms. The molecule has 0 aromatic heterocycles. The van der Waals surface area contributed by atoms with Crippen molar-refractivity contribution in [2.75, 3.05) is 47.1 Å². The standard InChI is InChI=1S/C13H28N2O4/c1-5-19-13(16)12(14)6-7-15(8-9-17-3)11(2)10-18-4/h11-12H,5-10,14H2,1-4H3. The third-order valence-corrected chi connectivity index (χ3v) is 2.93. The maximum atomic E-state index is 11.5. The monoisotopic (exact) mass is 276 g/mol. The van der Waals surface area contributed by atoms with E-state index in [0.717, 1.165) is 6.54 Å². The van der Waals surface area contributed by atoms with Gasteiger partial charge in [0, 0.05) is 33.4 Å². The van der Waals surface area contributed by atoms with Gasteiger partial charge in [0.05, 0.1) is 19.8 Å². The molecule has 0 aliphatic carbocycles. The van der Waals surface area contributed by atoms with E-state index >= 15 is 0 Å². The molecule has 2 unspecified atom stereocenters. The van der Waals surface area contributed by atoms with E-state index in [-0.39, 0.29) is 12.0 Å². The van der Waals surface area contributed by atoms with E-state index in [2.05, 4.69) is 11.8 Å². The zero-order valence-corrected chi connectivity index (χ0v) is 12.6. The lowest BCUT2D eigenvalue weighted by molar-refractivity contribution is -0.144. The summed E-state index contributed by atoms with van der Waals surface area (Å²) in [6, 6.07) is -0.311. The molecule has 0 aromatic rings. The van der Waals surface area contributed by atoms with Crippen LogP contribution in [0.1, 0.15) is 20.3 Å². The first kappa shape index (κ1) is 18.3. The molecule has 0 spiro atoms. The molecular formula is C13H28N2O4. The molecule has 19 heavy (non-hydrogen) atoms. The number of carbonyl (C=O) groups excluding carboxylic acids is 1. The Morgan fingerprint density at radius 2 is 1.95 bits per heavy atom. The molecule has 0 rings (SSSR count). The summed E-state index contributed by atoms with van der Waals surface area (Å²) in [5, 5.41) is 0. The smallest absolute Gasteiger partial charge is 0.322 e. The number of rotatable bonds is 11. The Morgan fingerprint density at radius 3 is 2.47 bits per heavy atom. The average Bonchev–Trinajstić information content (AvgIpc) is 2.39. The fourth-order valence-electron chi connectivity index (χ4n) is 1.78. The van der Waals surface area contributed by atoms with Gasteiger partial charge in [0.25, 0.3) is 0 Å². The number of nitrogens with zero attached hydrogens (tertiary/aromatic N) is 1. The van der Waals surface area contributed by atoms with E-state index in [0.29, 0.717) is 32.8 Å². The number of nitrogens with two attached hydrogens (primary N) is 1. The van der Waals surface area contributed by atoms with Crippen LogP contribution in [0.3, 0.4) is 0 Å². The van der Waals surface area contributed by atoms with Crippen molar-refractivity contribution in [3.05, 3.63) is 0 Å². The van der Waals surface area contributed by atoms with Crippen LogP contribution in [0.2, 0.25) is 0 Å². The minimum Gasteiger partial charge on any atom is -0.465 e. The van der Waals surface area contributed by atoms with Gasteiger partial charge in [0.2, 0.25) is 0 Å². The predicted octanol–water partition coefficient (Wildman–Crippen LogP) is 0.250. The van der Waals surface area contributed by atoms with E-state index < -0.39 is 6.04 Å². The Labute approximate surface area is 116 Å². The Kier molecular flexibility index (Phi) is 10.8. The van der Waals surface area contributed by atoms with Crippen LogP contribution in [0.5, 0.6) is 0 Å². The fourth-order valence-corrected chi connectivity index (χ4v) is 1.78. The van der Waals surface area contributed by atoms with Gasteiger partial charge in [-0.05, 0) is 20.3 Å². The van der Waals surface area contributed by atoms with E-state index in [1.165, 1.54) is 0 Å². The Balaban J connectivity index is 4.19. The molecule has 0 fully saturated rings. The van der Waals surface area contributed by atoms with E-state index in [1.54, 1.807) is 21.1 Å². The summed E-state index contributed by atoms with van der Waals surface area (Å²) in [5.74, 6) is -0.339. The summed E-state index contributed by atoms with van der Waals surface area (Å²) >= 11 is 0. The van der Waals surface area contributed by atoms with Gasteiger partial charge in [-0.1, -0.05) is 0 Å². The van der Waals surface area contributed by atoms with Gasteiger partial charge in [0.15, 0.2) is 0 Å². The number of ether oxygens (including phenoxy) is 3. The highest BCUT2D eigenvalue weighted by atomic mass is 16.5. The quantitative estimate of drug-likeness (QED) is 0.545. The first-order valence-electron chi connectivity index (χ1n) is 6.70. The second kappa shape index (κ2) is 11.2. The van der Waals surface area contributed by atoms with Gasteiger partial charge in [-0.25, -0.2) is 0 Å². The van der Waals surface area contributed by atoms with Crippen LogP contribution in [0.4, 0.5) is 0 Å². The summed E-state index contributed by atoms with van der Waals surface area (Å²) in [7, 11) is 3.35. The fraction of sp³-hybridized carbons (Fsp3) is 0.923. The molecule has 0 aliphatic rings. The van der Waals surface area contributed by atoms with Gasteiger partial charge >= 0.3 is 5.97 Å². The molecule has 2 atom stereocenters. The molecule has 114 valence electrons. The van der Waals surface area contributed by atoms with Gasteiger partial charge in [0.1, 0.15) is 6.04 Å². The molecule has 6 nitrogen and oxygen atoms in total. The normalized spacial score (nSPS) is 14.4. The van der Waals surface area contributed by atoms with Crippen LogP contribution < -0.4 is 5.73 Å². The van der Waals surface area contributed by atoms with Crippen LogP contribution in [-0.2, 0) is 19.0 Å². The largest absolute Gasteiger partial charge is 0.465 e. The van der Waals surface area contributed by atoms with Crippen LogP contribution in [0.25, 0.3) is 0 Å². The lowest BCUT2D eigenvalue weighted by Crippen LogP contribution is -2.42. The molecule has 0 aliphatic heterocycles. The predicted molar refractivity (Wildman–Crippen MR) is 74.0 cm³/mol. The van der Waals surface area contributed by atoms with Gasteiger partial charge in [-0.15, -0.1) is 0 Å². The summed E-state index contributed by atoms with van der Waals surface area (Å²) in [6.07, 6.45) is 0.566. The second-order valence-corrected chi connectivity index (χ2v) is 4.48. The highest BCUT2D eigenvalue weighted by Crippen LogP contribution is 2.03. The second-order valence-electron chi connectivity index (χ2n) is 4.48. The van der Waals surface area contributed by atoms with Crippen LogP contribution in [-0.4, -0.2) is 70.1 Å². The lowest BCUT2D eigenvalue weighted by Gasteiger charge is -2.29. The van der Waals surface area contributed by atoms with Crippen molar-refractivity contribution in [3.8, 4) is 0 Å². The number of methoxy groups -OCH3 is 2. The summed E-state index contributed by atoms with van der Waals surface area (Å²) in [4.78, 5) is 13.7. The first-order valence-corrected chi connectivity index (χ1v) is 6.70. The van der Waals surface area contributed by atoms with Crippen LogP contribution in [0.15, 0.2) is 0 Å². The minimum absolute atomic E-state index is 0.259. The number of hydrogen-bond acceptors (Lipinski definition) is 6. The molecule has 0 bridgehead atoms. The minimum atomic E-state index is -0.570. The van der Waals surface area contributed by atoms with Gasteiger partial charge in [-0.3, -0.25) is 9.69 Å². The molecule has 2 N–H and O–H groups in total. The lowest BCUT2D eigenvalue weighted by atomic mass is 10.2. The molecule has 0 amide bonds. The zero-order chi connectivity index (χ0) is 14.7. The van der Waals surface area contributed by atoms with Crippen molar-refractivity contribution in [2.24, 2.45) is 5.73 Å². The van der Waals surface area contributed by atoms with Gasteiger partial charge < -0.3 is 19.9 Å². The third-order valence-electron chi connectivity index (χ3n) is 2.93. The summed E-state index contributed by atoms with van der Waals surface area (Å²) < 4.78 is 15.1. The molecular weight excluding hydrogens is 248 g/mol. The maximum Gasteiger partial charge on any atom is 0.322 e. The van der Waals surface area contributed by atoms with Crippen LogP contribution in [0, 0.1) is 0 Å². The van der Waals surface area contributed by atoms with Crippen molar-refractivity contribution in [2.45, 2.75) is 32.4 Å². The number of carbonyl (C=O) groups is 1. The molecule has 0 aromatic carbocycles.